The van der Waals surface area contributed by atoms with Gasteiger partial charge in [-0.05, 0) is 43.6 Å². The van der Waals surface area contributed by atoms with Gasteiger partial charge in [0.2, 0.25) is 0 Å². The molecule has 0 amide bonds. The first kappa shape index (κ1) is 17.6. The predicted molar refractivity (Wildman–Crippen MR) is 89.0 cm³/mol. The Hall–Kier alpha value is -0.420. The van der Waals surface area contributed by atoms with Gasteiger partial charge in [0.05, 0.1) is 6.61 Å². The molecule has 3 nitrogen and oxygen atoms in total. The van der Waals surface area contributed by atoms with Gasteiger partial charge in [0.25, 0.3) is 0 Å². The number of aliphatic hydroxyl groups excluding tert-OH is 1. The Labute approximate surface area is 131 Å². The van der Waals surface area contributed by atoms with Crippen LogP contribution in [0.15, 0.2) is 28.7 Å². The summed E-state index contributed by atoms with van der Waals surface area (Å²) in [6, 6.07) is 8.94. The highest BCUT2D eigenvalue weighted by molar-refractivity contribution is 9.10. The van der Waals surface area contributed by atoms with E-state index in [1.807, 2.05) is 0 Å². The quantitative estimate of drug-likeness (QED) is 0.685. The van der Waals surface area contributed by atoms with Crippen molar-refractivity contribution in [2.24, 2.45) is 0 Å². The van der Waals surface area contributed by atoms with Crippen LogP contribution in [-0.4, -0.2) is 42.8 Å². The van der Waals surface area contributed by atoms with Crippen molar-refractivity contribution >= 4 is 15.9 Å². The Kier molecular flexibility index (Phi) is 9.10. The van der Waals surface area contributed by atoms with E-state index in [2.05, 4.69) is 64.3 Å². The molecule has 1 aromatic carbocycles. The van der Waals surface area contributed by atoms with Crippen LogP contribution in [0, 0.1) is 0 Å². The van der Waals surface area contributed by atoms with Crippen LogP contribution in [0.2, 0.25) is 0 Å². The summed E-state index contributed by atoms with van der Waals surface area (Å²) >= 11 is 3.48. The largest absolute Gasteiger partial charge is 0.395 e. The van der Waals surface area contributed by atoms with Gasteiger partial charge < -0.3 is 15.3 Å². The highest BCUT2D eigenvalue weighted by Crippen LogP contribution is 2.20. The van der Waals surface area contributed by atoms with E-state index in [-0.39, 0.29) is 6.61 Å². The van der Waals surface area contributed by atoms with E-state index >= 15 is 0 Å². The summed E-state index contributed by atoms with van der Waals surface area (Å²) in [6.45, 7) is 8.36. The van der Waals surface area contributed by atoms with Crippen LogP contribution < -0.4 is 5.32 Å². The van der Waals surface area contributed by atoms with Crippen LogP contribution in [0.5, 0.6) is 0 Å². The molecule has 0 fully saturated rings. The molecular formula is C16H27BrN2O. The minimum atomic E-state index is 0.235. The summed E-state index contributed by atoms with van der Waals surface area (Å²) in [6.07, 6.45) is 2.20. The Morgan fingerprint density at radius 2 is 1.90 bits per heavy atom. The van der Waals surface area contributed by atoms with Crippen LogP contribution in [0.1, 0.15) is 38.3 Å². The summed E-state index contributed by atoms with van der Waals surface area (Å²) < 4.78 is 1.12. The van der Waals surface area contributed by atoms with Crippen molar-refractivity contribution in [3.63, 3.8) is 0 Å². The van der Waals surface area contributed by atoms with Crippen LogP contribution in [0.25, 0.3) is 0 Å². The van der Waals surface area contributed by atoms with Gasteiger partial charge in [0, 0.05) is 23.6 Å². The third kappa shape index (κ3) is 6.35. The number of rotatable bonds is 10. The molecular weight excluding hydrogens is 316 g/mol. The molecule has 0 heterocycles. The van der Waals surface area contributed by atoms with E-state index in [4.69, 9.17) is 5.11 Å². The maximum absolute atomic E-state index is 9.06. The molecule has 1 rings (SSSR count). The molecule has 114 valence electrons. The first-order valence-corrected chi connectivity index (χ1v) is 8.32. The molecule has 0 aliphatic carbocycles. The molecule has 1 aromatic rings. The van der Waals surface area contributed by atoms with Crippen LogP contribution in [0.4, 0.5) is 0 Å². The normalized spacial score (nSPS) is 12.8. The first-order chi connectivity index (χ1) is 9.71. The monoisotopic (exact) mass is 342 g/mol. The van der Waals surface area contributed by atoms with E-state index < -0.39 is 0 Å². The zero-order chi connectivity index (χ0) is 14.8. The molecule has 0 spiro atoms. The average molecular weight is 343 g/mol. The smallest absolute Gasteiger partial charge is 0.0558 e. The number of hydrogen-bond acceptors (Lipinski definition) is 3. The van der Waals surface area contributed by atoms with Crippen LogP contribution in [0.3, 0.4) is 0 Å². The summed E-state index contributed by atoms with van der Waals surface area (Å²) in [7, 11) is 0. The molecule has 4 heteroatoms. The third-order valence-electron chi connectivity index (χ3n) is 3.51. The first-order valence-electron chi connectivity index (χ1n) is 7.53. The van der Waals surface area contributed by atoms with E-state index in [1.165, 1.54) is 5.56 Å². The minimum Gasteiger partial charge on any atom is -0.395 e. The fourth-order valence-electron chi connectivity index (χ4n) is 2.28. The van der Waals surface area contributed by atoms with Crippen molar-refractivity contribution in [1.29, 1.82) is 0 Å². The molecule has 0 saturated carbocycles. The molecule has 0 saturated heterocycles. The van der Waals surface area contributed by atoms with Crippen molar-refractivity contribution < 1.29 is 5.11 Å². The van der Waals surface area contributed by atoms with Gasteiger partial charge in [0.1, 0.15) is 0 Å². The van der Waals surface area contributed by atoms with Gasteiger partial charge in [-0.1, -0.05) is 41.9 Å². The van der Waals surface area contributed by atoms with Gasteiger partial charge in [0.15, 0.2) is 0 Å². The molecule has 20 heavy (non-hydrogen) atoms. The van der Waals surface area contributed by atoms with Crippen LogP contribution in [-0.2, 0) is 0 Å². The lowest BCUT2D eigenvalue weighted by Gasteiger charge is -2.24. The second-order valence-corrected chi connectivity index (χ2v) is 5.92. The van der Waals surface area contributed by atoms with Crippen molar-refractivity contribution in [3.8, 4) is 0 Å². The number of aliphatic hydroxyl groups is 1. The minimum absolute atomic E-state index is 0.235. The highest BCUT2D eigenvalue weighted by atomic mass is 79.9. The van der Waals surface area contributed by atoms with Gasteiger partial charge >= 0.3 is 0 Å². The number of likely N-dealkylation sites (N-methyl/N-ethyl adjacent to an activating group) is 1. The molecule has 0 aliphatic rings. The van der Waals surface area contributed by atoms with E-state index in [1.54, 1.807) is 0 Å². The van der Waals surface area contributed by atoms with E-state index in [0.717, 1.165) is 43.5 Å². The fraction of sp³-hybridized carbons (Fsp3) is 0.625. The van der Waals surface area contributed by atoms with Crippen molar-refractivity contribution in [1.82, 2.24) is 10.2 Å². The number of hydrogen-bond donors (Lipinski definition) is 2. The van der Waals surface area contributed by atoms with Crippen molar-refractivity contribution in [3.05, 3.63) is 34.3 Å². The molecule has 0 radical (unpaired) electrons. The second kappa shape index (κ2) is 10.3. The summed E-state index contributed by atoms with van der Waals surface area (Å²) in [5, 5.41) is 12.7. The number of benzene rings is 1. The Morgan fingerprint density at radius 1 is 1.20 bits per heavy atom. The average Bonchev–Trinajstić information content (AvgIpc) is 2.47. The zero-order valence-corrected chi connectivity index (χ0v) is 14.2. The van der Waals surface area contributed by atoms with Gasteiger partial charge in [-0.3, -0.25) is 0 Å². The number of halogens is 1. The topological polar surface area (TPSA) is 35.5 Å². The van der Waals surface area contributed by atoms with E-state index in [0.29, 0.717) is 6.04 Å². The van der Waals surface area contributed by atoms with Gasteiger partial charge in [-0.2, -0.15) is 0 Å². The standard InChI is InChI=1S/C16H27BrN2O/c1-3-10-18-16(9-11-19(4-2)12-13-20)14-5-7-15(17)8-6-14/h5-8,16,18,20H,3-4,9-13H2,1-2H3. The summed E-state index contributed by atoms with van der Waals surface area (Å²) in [5.74, 6) is 0. The third-order valence-corrected chi connectivity index (χ3v) is 4.04. The highest BCUT2D eigenvalue weighted by Gasteiger charge is 2.12. The maximum Gasteiger partial charge on any atom is 0.0558 e. The lowest BCUT2D eigenvalue weighted by Crippen LogP contribution is -2.31. The molecule has 0 bridgehead atoms. The van der Waals surface area contributed by atoms with Gasteiger partial charge in [-0.15, -0.1) is 0 Å². The number of nitrogens with zero attached hydrogens (tertiary/aromatic N) is 1. The molecule has 0 aliphatic heterocycles. The second-order valence-electron chi connectivity index (χ2n) is 5.00. The number of nitrogens with one attached hydrogen (secondary N) is 1. The Balaban J connectivity index is 2.61. The summed E-state index contributed by atoms with van der Waals surface area (Å²) in [5.41, 5.74) is 1.33. The van der Waals surface area contributed by atoms with Gasteiger partial charge in [-0.25, -0.2) is 0 Å². The zero-order valence-electron chi connectivity index (χ0n) is 12.6. The fourth-order valence-corrected chi connectivity index (χ4v) is 2.55. The molecule has 1 unspecified atom stereocenters. The predicted octanol–water partition coefficient (Wildman–Crippen LogP) is 3.19. The molecule has 2 N–H and O–H groups in total. The lowest BCUT2D eigenvalue weighted by atomic mass is 10.0. The lowest BCUT2D eigenvalue weighted by molar-refractivity contribution is 0.195. The van der Waals surface area contributed by atoms with Crippen molar-refractivity contribution in [2.75, 3.05) is 32.8 Å². The van der Waals surface area contributed by atoms with E-state index in [9.17, 15) is 0 Å². The van der Waals surface area contributed by atoms with Crippen LogP contribution >= 0.6 is 15.9 Å². The molecule has 0 aromatic heterocycles. The van der Waals surface area contributed by atoms with Crippen molar-refractivity contribution in [2.45, 2.75) is 32.7 Å². The molecule has 1 atom stereocenters. The summed E-state index contributed by atoms with van der Waals surface area (Å²) in [4.78, 5) is 2.29. The maximum atomic E-state index is 9.06. The Bertz CT molecular complexity index is 356. The Morgan fingerprint density at radius 3 is 2.45 bits per heavy atom. The SMILES string of the molecule is CCCNC(CCN(CC)CCO)c1ccc(Br)cc1.